The number of carbonyl (C=O) groups excluding carboxylic acids is 1. The molecule has 2 aromatic rings. The van der Waals surface area contributed by atoms with Crippen LogP contribution in [0.4, 0.5) is 0 Å². The number of benzene rings is 1. The second kappa shape index (κ2) is 3.65. The lowest BCUT2D eigenvalue weighted by Crippen LogP contribution is -2.24. The number of aromatic nitrogens is 2. The van der Waals surface area contributed by atoms with Crippen LogP contribution >= 0.6 is 0 Å². The van der Waals surface area contributed by atoms with Crippen molar-refractivity contribution >= 4 is 17.3 Å². The molecule has 0 unspecified atom stereocenters. The summed E-state index contributed by atoms with van der Waals surface area (Å²) in [5.74, 6) is 0. The van der Waals surface area contributed by atoms with Crippen molar-refractivity contribution in [2.75, 3.05) is 0 Å². The van der Waals surface area contributed by atoms with Crippen LogP contribution in [0.2, 0.25) is 0 Å². The molecule has 1 aromatic carbocycles. The van der Waals surface area contributed by atoms with Crippen molar-refractivity contribution in [1.82, 2.24) is 9.55 Å². The third kappa shape index (κ3) is 1.54. The van der Waals surface area contributed by atoms with E-state index in [0.717, 1.165) is 5.52 Å². The van der Waals surface area contributed by atoms with E-state index in [-0.39, 0.29) is 12.1 Å². The van der Waals surface area contributed by atoms with Crippen molar-refractivity contribution in [3.8, 4) is 0 Å². The van der Waals surface area contributed by atoms with E-state index >= 15 is 0 Å². The molecule has 0 atom stereocenters. The summed E-state index contributed by atoms with van der Waals surface area (Å²) in [5.41, 5.74) is 1.63. The average Bonchev–Trinajstić information content (AvgIpc) is 2.25. The fourth-order valence-corrected chi connectivity index (χ4v) is 1.58. The molecule has 1 heterocycles. The van der Waals surface area contributed by atoms with Gasteiger partial charge in [-0.3, -0.25) is 9.36 Å². The third-order valence-electron chi connectivity index (χ3n) is 2.27. The number of fused-ring (bicyclic) bond motifs is 1. The van der Waals surface area contributed by atoms with Gasteiger partial charge in [0.15, 0.2) is 0 Å². The summed E-state index contributed by atoms with van der Waals surface area (Å²) in [4.78, 5) is 26.4. The van der Waals surface area contributed by atoms with Crippen molar-refractivity contribution in [3.63, 3.8) is 0 Å². The number of rotatable bonds is 2. The monoisotopic (exact) mass is 202 g/mol. The zero-order chi connectivity index (χ0) is 10.8. The van der Waals surface area contributed by atoms with Crippen molar-refractivity contribution < 1.29 is 4.79 Å². The first-order chi connectivity index (χ1) is 7.24. The molecule has 0 N–H and O–H groups in total. The molecule has 0 amide bonds. The molecule has 0 saturated carbocycles. The molecule has 0 aliphatic rings. The molecule has 1 aromatic heterocycles. The van der Waals surface area contributed by atoms with E-state index in [9.17, 15) is 9.59 Å². The lowest BCUT2D eigenvalue weighted by Gasteiger charge is -2.07. The first-order valence-corrected chi connectivity index (χ1v) is 4.64. The minimum atomic E-state index is -0.208. The van der Waals surface area contributed by atoms with Crippen LogP contribution in [0.25, 0.3) is 11.0 Å². The van der Waals surface area contributed by atoms with Crippen molar-refractivity contribution in [2.45, 2.75) is 13.5 Å². The maximum absolute atomic E-state index is 11.7. The van der Waals surface area contributed by atoms with Gasteiger partial charge in [-0.25, -0.2) is 4.98 Å². The molecule has 0 saturated heterocycles. The smallest absolute Gasteiger partial charge is 0.272 e. The third-order valence-corrected chi connectivity index (χ3v) is 2.27. The number of aryl methyl sites for hydroxylation is 1. The highest BCUT2D eigenvalue weighted by atomic mass is 16.1. The van der Waals surface area contributed by atoms with Gasteiger partial charge in [0.25, 0.3) is 5.56 Å². The summed E-state index contributed by atoms with van der Waals surface area (Å²) in [7, 11) is 0. The molecule has 4 nitrogen and oxygen atoms in total. The summed E-state index contributed by atoms with van der Waals surface area (Å²) in [5, 5.41) is 0. The van der Waals surface area contributed by atoms with E-state index in [1.54, 1.807) is 13.0 Å². The fraction of sp³-hybridized carbons (Fsp3) is 0.182. The van der Waals surface area contributed by atoms with Crippen molar-refractivity contribution in [2.24, 2.45) is 0 Å². The Hall–Kier alpha value is -1.97. The predicted octanol–water partition coefficient (Wildman–Crippen LogP) is 0.904. The van der Waals surface area contributed by atoms with Crippen LogP contribution in [0.15, 0.2) is 29.1 Å². The molecule has 0 radical (unpaired) electrons. The van der Waals surface area contributed by atoms with Crippen LogP contribution in [0.5, 0.6) is 0 Å². The lowest BCUT2D eigenvalue weighted by atomic mass is 10.3. The molecule has 0 bridgehead atoms. The SMILES string of the molecule is Cc1nc2ccccc2n(CC=O)c1=O. The van der Waals surface area contributed by atoms with Gasteiger partial charge in [-0.1, -0.05) is 12.1 Å². The molecule has 0 aliphatic heterocycles. The number of nitrogens with zero attached hydrogens (tertiary/aromatic N) is 2. The standard InChI is InChI=1S/C11H10N2O2/c1-8-11(15)13(6-7-14)10-5-3-2-4-9(10)12-8/h2-5,7H,6H2,1H3. The zero-order valence-corrected chi connectivity index (χ0v) is 8.30. The van der Waals surface area contributed by atoms with Crippen LogP contribution in [-0.2, 0) is 11.3 Å². The Bertz CT molecular complexity index is 572. The Labute approximate surface area is 86.2 Å². The van der Waals surface area contributed by atoms with Gasteiger partial charge in [-0.05, 0) is 19.1 Å². The molecule has 0 aliphatic carbocycles. The van der Waals surface area contributed by atoms with E-state index in [0.29, 0.717) is 17.5 Å². The maximum Gasteiger partial charge on any atom is 0.272 e. The van der Waals surface area contributed by atoms with Crippen LogP contribution in [0.3, 0.4) is 0 Å². The van der Waals surface area contributed by atoms with Gasteiger partial charge in [-0.15, -0.1) is 0 Å². The Morgan fingerprint density at radius 1 is 1.40 bits per heavy atom. The van der Waals surface area contributed by atoms with Gasteiger partial charge >= 0.3 is 0 Å². The first kappa shape index (κ1) is 9.58. The Kier molecular flexibility index (Phi) is 2.33. The van der Waals surface area contributed by atoms with Gasteiger partial charge in [0, 0.05) is 0 Å². The number of aldehydes is 1. The summed E-state index contributed by atoms with van der Waals surface area (Å²) < 4.78 is 1.44. The summed E-state index contributed by atoms with van der Waals surface area (Å²) in [6.45, 7) is 1.72. The van der Waals surface area contributed by atoms with Crippen LogP contribution in [0, 0.1) is 6.92 Å². The molecule has 4 heteroatoms. The van der Waals surface area contributed by atoms with Crippen molar-refractivity contribution in [3.05, 3.63) is 40.3 Å². The molecular weight excluding hydrogens is 192 g/mol. The quantitative estimate of drug-likeness (QED) is 0.680. The van der Waals surface area contributed by atoms with Crippen LogP contribution < -0.4 is 5.56 Å². The molecule has 2 rings (SSSR count). The van der Waals surface area contributed by atoms with Gasteiger partial charge in [0.05, 0.1) is 17.6 Å². The number of hydrogen-bond acceptors (Lipinski definition) is 3. The van der Waals surface area contributed by atoms with Crippen LogP contribution in [-0.4, -0.2) is 15.8 Å². The molecular formula is C11H10N2O2. The topological polar surface area (TPSA) is 52.0 Å². The molecule has 15 heavy (non-hydrogen) atoms. The minimum absolute atomic E-state index is 0.0721. The highest BCUT2D eigenvalue weighted by Crippen LogP contribution is 2.08. The Morgan fingerprint density at radius 3 is 2.87 bits per heavy atom. The van der Waals surface area contributed by atoms with Gasteiger partial charge < -0.3 is 4.79 Å². The van der Waals surface area contributed by atoms with Gasteiger partial charge in [-0.2, -0.15) is 0 Å². The molecule has 76 valence electrons. The van der Waals surface area contributed by atoms with E-state index < -0.39 is 0 Å². The number of hydrogen-bond donors (Lipinski definition) is 0. The number of carbonyl (C=O) groups is 1. The lowest BCUT2D eigenvalue weighted by molar-refractivity contribution is -0.108. The largest absolute Gasteiger partial charge is 0.301 e. The van der Waals surface area contributed by atoms with Gasteiger partial charge in [0.1, 0.15) is 12.0 Å². The van der Waals surface area contributed by atoms with Crippen molar-refractivity contribution in [1.29, 1.82) is 0 Å². The predicted molar refractivity (Wildman–Crippen MR) is 56.8 cm³/mol. The van der Waals surface area contributed by atoms with E-state index in [1.165, 1.54) is 4.57 Å². The second-order valence-electron chi connectivity index (χ2n) is 3.27. The van der Waals surface area contributed by atoms with Gasteiger partial charge in [0.2, 0.25) is 0 Å². The van der Waals surface area contributed by atoms with E-state index in [1.807, 2.05) is 18.2 Å². The normalized spacial score (nSPS) is 10.5. The second-order valence-corrected chi connectivity index (χ2v) is 3.27. The Balaban J connectivity index is 2.88. The maximum atomic E-state index is 11.7. The zero-order valence-electron chi connectivity index (χ0n) is 8.30. The Morgan fingerprint density at radius 2 is 2.13 bits per heavy atom. The van der Waals surface area contributed by atoms with E-state index in [4.69, 9.17) is 0 Å². The highest BCUT2D eigenvalue weighted by molar-refractivity contribution is 5.75. The number of para-hydroxylation sites is 2. The summed E-state index contributed by atoms with van der Waals surface area (Å²) >= 11 is 0. The first-order valence-electron chi connectivity index (χ1n) is 4.64. The van der Waals surface area contributed by atoms with E-state index in [2.05, 4.69) is 4.98 Å². The fourth-order valence-electron chi connectivity index (χ4n) is 1.58. The average molecular weight is 202 g/mol. The minimum Gasteiger partial charge on any atom is -0.301 e. The molecule has 0 fully saturated rings. The molecule has 0 spiro atoms. The highest BCUT2D eigenvalue weighted by Gasteiger charge is 2.06. The summed E-state index contributed by atoms with van der Waals surface area (Å²) in [6.07, 6.45) is 0.716. The van der Waals surface area contributed by atoms with Crippen LogP contribution in [0.1, 0.15) is 5.69 Å². The summed E-state index contributed by atoms with van der Waals surface area (Å²) in [6, 6.07) is 7.28.